The lowest BCUT2D eigenvalue weighted by molar-refractivity contribution is -0.923. The fraction of sp³-hybridized carbons (Fsp3) is 0.400. The quantitative estimate of drug-likeness (QED) is 0.443. The molecule has 0 aliphatic rings. The van der Waals surface area contributed by atoms with Crippen molar-refractivity contribution >= 4 is 5.91 Å². The van der Waals surface area contributed by atoms with Gasteiger partial charge in [-0.1, -0.05) is 36.9 Å². The lowest BCUT2D eigenvalue weighted by atomic mass is 10.1. The Bertz CT molecular complexity index is 415. The van der Waals surface area contributed by atoms with Gasteiger partial charge >= 0.3 is 0 Å². The molecule has 0 spiro atoms. The zero-order chi connectivity index (χ0) is 14.3. The van der Waals surface area contributed by atoms with Gasteiger partial charge in [-0.05, 0) is 12.6 Å². The van der Waals surface area contributed by atoms with Crippen LogP contribution in [0.4, 0.5) is 0 Å². The van der Waals surface area contributed by atoms with Gasteiger partial charge in [0.15, 0.2) is 6.17 Å². The Kier molecular flexibility index (Phi) is 5.73. The Morgan fingerprint density at radius 3 is 2.58 bits per heavy atom. The van der Waals surface area contributed by atoms with Gasteiger partial charge in [0.25, 0.3) is 0 Å². The van der Waals surface area contributed by atoms with E-state index < -0.39 is 0 Å². The summed E-state index contributed by atoms with van der Waals surface area (Å²) < 4.78 is 0.654. The molecule has 1 aromatic rings. The number of nitrogens with zero attached hydrogens (tertiary/aromatic N) is 1. The SMILES string of the molecule is C=CC(=O)NC(c1ccccc1)[N+](C)(C)CCCN. The summed E-state index contributed by atoms with van der Waals surface area (Å²) in [5.41, 5.74) is 6.67. The van der Waals surface area contributed by atoms with E-state index in [1.807, 2.05) is 30.3 Å². The molecule has 0 fully saturated rings. The summed E-state index contributed by atoms with van der Waals surface area (Å²) in [5.74, 6) is -0.159. The number of carbonyl (C=O) groups is 1. The molecular weight excluding hydrogens is 238 g/mol. The standard InChI is InChI=1S/C15H23N3O/c1-4-14(19)17-15(13-9-6-5-7-10-13)18(2,3)12-8-11-16/h4-7,9-10,15H,1,8,11-12,16H2,2-3H3/p+1. The van der Waals surface area contributed by atoms with E-state index in [2.05, 4.69) is 26.0 Å². The molecule has 0 aliphatic carbocycles. The third-order valence-electron chi connectivity index (χ3n) is 3.22. The number of benzene rings is 1. The van der Waals surface area contributed by atoms with Crippen LogP contribution < -0.4 is 11.1 Å². The van der Waals surface area contributed by atoms with Crippen molar-refractivity contribution in [1.82, 2.24) is 5.32 Å². The summed E-state index contributed by atoms with van der Waals surface area (Å²) in [5, 5.41) is 3.01. The molecule has 1 atom stereocenters. The van der Waals surface area contributed by atoms with Crippen LogP contribution in [0, 0.1) is 0 Å². The van der Waals surface area contributed by atoms with Gasteiger partial charge in [-0.15, -0.1) is 0 Å². The largest absolute Gasteiger partial charge is 0.330 e. The molecular formula is C15H24N3O+. The van der Waals surface area contributed by atoms with Gasteiger partial charge < -0.3 is 10.2 Å². The van der Waals surface area contributed by atoms with Crippen molar-refractivity contribution in [3.05, 3.63) is 48.6 Å². The predicted octanol–water partition coefficient (Wildman–Crippen LogP) is 1.41. The van der Waals surface area contributed by atoms with Gasteiger partial charge in [0, 0.05) is 12.0 Å². The van der Waals surface area contributed by atoms with E-state index in [4.69, 9.17) is 5.73 Å². The minimum Gasteiger partial charge on any atom is -0.330 e. The summed E-state index contributed by atoms with van der Waals surface area (Å²) >= 11 is 0. The Labute approximate surface area is 115 Å². The van der Waals surface area contributed by atoms with Gasteiger partial charge in [0.05, 0.1) is 20.6 Å². The van der Waals surface area contributed by atoms with Crippen molar-refractivity contribution in [1.29, 1.82) is 0 Å². The molecule has 0 aromatic heterocycles. The molecule has 1 unspecified atom stereocenters. The van der Waals surface area contributed by atoms with Crippen molar-refractivity contribution in [2.45, 2.75) is 12.6 Å². The first-order valence-electron chi connectivity index (χ1n) is 6.52. The number of hydrogen-bond donors (Lipinski definition) is 2. The number of amides is 1. The molecule has 104 valence electrons. The Morgan fingerprint density at radius 1 is 1.42 bits per heavy atom. The van der Waals surface area contributed by atoms with Gasteiger partial charge in [0.2, 0.25) is 5.91 Å². The highest BCUT2D eigenvalue weighted by Crippen LogP contribution is 2.22. The van der Waals surface area contributed by atoms with Crippen molar-refractivity contribution < 1.29 is 9.28 Å². The number of quaternary nitrogens is 1. The zero-order valence-electron chi connectivity index (χ0n) is 11.8. The maximum absolute atomic E-state index is 11.7. The average Bonchev–Trinajstić information content (AvgIpc) is 2.43. The maximum Gasteiger partial charge on any atom is 0.248 e. The highest BCUT2D eigenvalue weighted by Gasteiger charge is 2.30. The van der Waals surface area contributed by atoms with Crippen LogP contribution in [0.3, 0.4) is 0 Å². The third-order valence-corrected chi connectivity index (χ3v) is 3.22. The molecule has 1 amide bonds. The molecule has 0 radical (unpaired) electrons. The minimum absolute atomic E-state index is 0.0988. The molecule has 0 bridgehead atoms. The minimum atomic E-state index is -0.159. The van der Waals surface area contributed by atoms with E-state index in [0.717, 1.165) is 18.5 Å². The first-order chi connectivity index (χ1) is 9.01. The van der Waals surface area contributed by atoms with Crippen molar-refractivity contribution in [3.63, 3.8) is 0 Å². The van der Waals surface area contributed by atoms with Crippen molar-refractivity contribution in [3.8, 4) is 0 Å². The lowest BCUT2D eigenvalue weighted by Crippen LogP contribution is -2.51. The Morgan fingerprint density at radius 2 is 2.05 bits per heavy atom. The average molecular weight is 262 g/mol. The third kappa shape index (κ3) is 4.50. The highest BCUT2D eigenvalue weighted by atomic mass is 16.1. The summed E-state index contributed by atoms with van der Waals surface area (Å²) in [7, 11) is 4.19. The van der Waals surface area contributed by atoms with Crippen LogP contribution >= 0.6 is 0 Å². The summed E-state index contributed by atoms with van der Waals surface area (Å²) in [6.07, 6.45) is 2.12. The van der Waals surface area contributed by atoms with Crippen LogP contribution in [0.1, 0.15) is 18.2 Å². The molecule has 4 nitrogen and oxygen atoms in total. The van der Waals surface area contributed by atoms with Gasteiger partial charge in [0.1, 0.15) is 0 Å². The fourth-order valence-corrected chi connectivity index (χ4v) is 2.12. The summed E-state index contributed by atoms with van der Waals surface area (Å²) in [4.78, 5) is 11.7. The number of carbonyl (C=O) groups excluding carboxylic acids is 1. The Balaban J connectivity index is 2.98. The van der Waals surface area contributed by atoms with E-state index in [0.29, 0.717) is 11.0 Å². The van der Waals surface area contributed by atoms with Gasteiger partial charge in [-0.25, -0.2) is 0 Å². The van der Waals surface area contributed by atoms with Crippen LogP contribution in [0.5, 0.6) is 0 Å². The zero-order valence-corrected chi connectivity index (χ0v) is 11.8. The first-order valence-corrected chi connectivity index (χ1v) is 6.52. The maximum atomic E-state index is 11.7. The van der Waals surface area contributed by atoms with E-state index in [1.165, 1.54) is 6.08 Å². The van der Waals surface area contributed by atoms with Crippen LogP contribution in [0.25, 0.3) is 0 Å². The second-order valence-electron chi connectivity index (χ2n) is 5.17. The molecule has 4 heteroatoms. The van der Waals surface area contributed by atoms with Crippen LogP contribution in [-0.4, -0.2) is 37.6 Å². The highest BCUT2D eigenvalue weighted by molar-refractivity contribution is 5.87. The number of nitrogens with two attached hydrogens (primary N) is 1. The Hall–Kier alpha value is -1.65. The normalized spacial score (nSPS) is 12.8. The molecule has 0 saturated heterocycles. The van der Waals surface area contributed by atoms with E-state index in [1.54, 1.807) is 0 Å². The summed E-state index contributed by atoms with van der Waals surface area (Å²) in [6.45, 7) is 5.06. The van der Waals surface area contributed by atoms with Crippen LogP contribution in [0.15, 0.2) is 43.0 Å². The van der Waals surface area contributed by atoms with E-state index >= 15 is 0 Å². The summed E-state index contributed by atoms with van der Waals surface area (Å²) in [6, 6.07) is 9.97. The van der Waals surface area contributed by atoms with Crippen molar-refractivity contribution in [2.75, 3.05) is 27.2 Å². The molecule has 0 saturated carbocycles. The second kappa shape index (κ2) is 7.07. The molecule has 1 aromatic carbocycles. The van der Waals surface area contributed by atoms with Crippen LogP contribution in [-0.2, 0) is 4.79 Å². The predicted molar refractivity (Wildman–Crippen MR) is 78.2 cm³/mol. The van der Waals surface area contributed by atoms with Crippen LogP contribution in [0.2, 0.25) is 0 Å². The van der Waals surface area contributed by atoms with E-state index in [-0.39, 0.29) is 12.1 Å². The number of nitrogens with one attached hydrogen (secondary N) is 1. The molecule has 1 rings (SSSR count). The molecule has 3 N–H and O–H groups in total. The topological polar surface area (TPSA) is 55.1 Å². The van der Waals surface area contributed by atoms with Gasteiger partial charge in [-0.2, -0.15) is 0 Å². The molecule has 0 aliphatic heterocycles. The fourth-order valence-electron chi connectivity index (χ4n) is 2.12. The number of rotatable bonds is 7. The van der Waals surface area contributed by atoms with Gasteiger partial charge in [-0.3, -0.25) is 10.1 Å². The van der Waals surface area contributed by atoms with Crippen molar-refractivity contribution in [2.24, 2.45) is 5.73 Å². The second-order valence-corrected chi connectivity index (χ2v) is 5.17. The monoisotopic (exact) mass is 262 g/mol. The molecule has 0 heterocycles. The smallest absolute Gasteiger partial charge is 0.248 e. The lowest BCUT2D eigenvalue weighted by Gasteiger charge is -2.38. The van der Waals surface area contributed by atoms with E-state index in [9.17, 15) is 4.79 Å². The number of hydrogen-bond acceptors (Lipinski definition) is 2. The molecule has 19 heavy (non-hydrogen) atoms. The first kappa shape index (κ1) is 15.4.